The van der Waals surface area contributed by atoms with Crippen LogP contribution in [0.2, 0.25) is 0 Å². The van der Waals surface area contributed by atoms with Gasteiger partial charge in [-0.25, -0.2) is 0 Å². The number of nitrogens with zero attached hydrogens (tertiary/aromatic N) is 1. The summed E-state index contributed by atoms with van der Waals surface area (Å²) in [5.74, 6) is 0.626. The maximum Gasteiger partial charge on any atom is 0.272 e. The van der Waals surface area contributed by atoms with Crippen LogP contribution in [0.3, 0.4) is 0 Å². The lowest BCUT2D eigenvalue weighted by atomic mass is 9.86. The topological polar surface area (TPSA) is 70.0 Å². The Morgan fingerprint density at radius 2 is 2.00 bits per heavy atom. The van der Waals surface area contributed by atoms with Crippen molar-refractivity contribution in [3.63, 3.8) is 0 Å². The number of para-hydroxylation sites is 1. The van der Waals surface area contributed by atoms with Crippen molar-refractivity contribution in [3.8, 4) is 5.75 Å². The molecule has 3 N–H and O–H groups in total. The van der Waals surface area contributed by atoms with Crippen LogP contribution in [-0.2, 0) is 10.2 Å². The van der Waals surface area contributed by atoms with Crippen molar-refractivity contribution in [1.82, 2.24) is 4.90 Å². The van der Waals surface area contributed by atoms with Crippen LogP contribution >= 0.6 is 0 Å². The van der Waals surface area contributed by atoms with E-state index in [1.165, 1.54) is 0 Å². The molecule has 136 valence electrons. The summed E-state index contributed by atoms with van der Waals surface area (Å²) < 4.78 is 6.11. The molecular weight excluding hydrogens is 326 g/mol. The first-order valence-corrected chi connectivity index (χ1v) is 8.88. The van der Waals surface area contributed by atoms with E-state index in [0.29, 0.717) is 13.1 Å². The Morgan fingerprint density at radius 3 is 2.65 bits per heavy atom. The van der Waals surface area contributed by atoms with Gasteiger partial charge in [0, 0.05) is 6.08 Å². The zero-order valence-corrected chi connectivity index (χ0v) is 15.5. The molecule has 5 heteroatoms. The van der Waals surface area contributed by atoms with Crippen LogP contribution in [-0.4, -0.2) is 35.7 Å². The molecule has 1 aromatic rings. The van der Waals surface area contributed by atoms with E-state index >= 15 is 0 Å². The molecule has 2 heterocycles. The molecule has 26 heavy (non-hydrogen) atoms. The van der Waals surface area contributed by atoms with Crippen molar-refractivity contribution >= 4 is 11.6 Å². The van der Waals surface area contributed by atoms with Gasteiger partial charge in [-0.15, -0.1) is 0 Å². The number of quaternary nitrogens is 1. The van der Waals surface area contributed by atoms with Crippen molar-refractivity contribution < 1.29 is 14.8 Å². The summed E-state index contributed by atoms with van der Waals surface area (Å²) >= 11 is 0. The van der Waals surface area contributed by atoms with Gasteiger partial charge in [0.2, 0.25) is 0 Å². The number of allylic oxidation sites excluding steroid dienone is 3. The molecule has 3 rings (SSSR count). The zero-order valence-electron chi connectivity index (χ0n) is 15.5. The summed E-state index contributed by atoms with van der Waals surface area (Å²) in [6.45, 7) is 7.51. The molecule has 5 nitrogen and oxygen atoms in total. The van der Waals surface area contributed by atoms with Gasteiger partial charge in [0.1, 0.15) is 23.3 Å². The number of nitrogens with one attached hydrogen (secondary N) is 1. The molecule has 0 radical (unpaired) electrons. The predicted molar refractivity (Wildman–Crippen MR) is 102 cm³/mol. The summed E-state index contributed by atoms with van der Waals surface area (Å²) in [5.41, 5.74) is 2.03. The highest BCUT2D eigenvalue weighted by Crippen LogP contribution is 2.32. The molecular formula is C21H26N3O2+. The van der Waals surface area contributed by atoms with Gasteiger partial charge in [-0.1, -0.05) is 45.0 Å². The van der Waals surface area contributed by atoms with Crippen LogP contribution in [0.25, 0.3) is 0 Å². The van der Waals surface area contributed by atoms with E-state index in [4.69, 9.17) is 10.1 Å². The third-order valence-corrected chi connectivity index (χ3v) is 4.46. The summed E-state index contributed by atoms with van der Waals surface area (Å²) in [4.78, 5) is 14.0. The summed E-state index contributed by atoms with van der Waals surface area (Å²) in [6, 6.07) is 8.05. The van der Waals surface area contributed by atoms with E-state index in [2.05, 4.69) is 26.8 Å². The number of benzene rings is 1. The minimum atomic E-state index is -0.252. The van der Waals surface area contributed by atoms with E-state index in [-0.39, 0.29) is 23.1 Å². The van der Waals surface area contributed by atoms with Crippen LogP contribution < -0.4 is 10.1 Å². The largest absolute Gasteiger partial charge is 0.486 e. The molecule has 0 aromatic heterocycles. The monoisotopic (exact) mass is 352 g/mol. The lowest BCUT2D eigenvalue weighted by Gasteiger charge is -2.39. The second-order valence-electron chi connectivity index (χ2n) is 7.66. The molecule has 1 amide bonds. The lowest BCUT2D eigenvalue weighted by Crippen LogP contribution is -2.76. The number of carbonyl (C=O) groups is 1. The van der Waals surface area contributed by atoms with Crippen LogP contribution in [0.1, 0.15) is 26.3 Å². The average molecular weight is 352 g/mol. The van der Waals surface area contributed by atoms with E-state index in [1.807, 2.05) is 47.9 Å². The summed E-state index contributed by atoms with van der Waals surface area (Å²) in [6.07, 6.45) is 9.16. The Bertz CT molecular complexity index is 794. The van der Waals surface area contributed by atoms with Gasteiger partial charge in [0.25, 0.3) is 5.91 Å². The number of amides is 1. The number of likely N-dealkylation sites (tertiary alicyclic amines) is 1. The normalized spacial score (nSPS) is 18.7. The van der Waals surface area contributed by atoms with Crippen LogP contribution in [0, 0.1) is 5.41 Å². The van der Waals surface area contributed by atoms with Gasteiger partial charge in [0.15, 0.2) is 0 Å². The van der Waals surface area contributed by atoms with E-state index in [0.717, 1.165) is 17.0 Å². The zero-order chi connectivity index (χ0) is 18.7. The predicted octanol–water partition coefficient (Wildman–Crippen LogP) is 2.12. The molecule has 2 aliphatic rings. The van der Waals surface area contributed by atoms with E-state index < -0.39 is 0 Å². The van der Waals surface area contributed by atoms with Gasteiger partial charge in [-0.2, -0.15) is 0 Å². The third-order valence-electron chi connectivity index (χ3n) is 4.46. The average Bonchev–Trinajstić information content (AvgIpc) is 2.57. The van der Waals surface area contributed by atoms with Gasteiger partial charge in [-0.05, 0) is 29.2 Å². The number of hydrogen-bond donors (Lipinski definition) is 2. The van der Waals surface area contributed by atoms with Crippen molar-refractivity contribution in [3.05, 3.63) is 66.0 Å². The highest BCUT2D eigenvalue weighted by Gasteiger charge is 2.34. The standard InChI is InChI=1S/C21H25N3O2/c1-21(2,3)17-9-4-5-10-19(17)26-16-13-24(14-16)20(25)18(22)12-15-8-6-7-11-23-15/h4-12,16,22-23H,13-14H2,1-3H3/p+1/b15-12-,22-18?. The Hall–Kier alpha value is -2.66. The van der Waals surface area contributed by atoms with Crippen LogP contribution in [0.4, 0.5) is 0 Å². The van der Waals surface area contributed by atoms with E-state index in [1.54, 1.807) is 11.0 Å². The SMILES string of the molecule is CC(C)(C)c1ccccc1OC1CN(C(=O)C(=N)/C=C2/C=CC=C[NH2+]2)C1. The Kier molecular flexibility index (Phi) is 5.09. The smallest absolute Gasteiger partial charge is 0.272 e. The second-order valence-corrected chi connectivity index (χ2v) is 7.66. The fourth-order valence-corrected chi connectivity index (χ4v) is 3.00. The van der Waals surface area contributed by atoms with E-state index in [9.17, 15) is 4.79 Å². The van der Waals surface area contributed by atoms with Gasteiger partial charge in [-0.3, -0.25) is 15.5 Å². The van der Waals surface area contributed by atoms with Gasteiger partial charge < -0.3 is 9.64 Å². The molecule has 0 unspecified atom stereocenters. The fourth-order valence-electron chi connectivity index (χ4n) is 3.00. The van der Waals surface area contributed by atoms with Gasteiger partial charge in [0.05, 0.1) is 19.3 Å². The first-order valence-electron chi connectivity index (χ1n) is 8.88. The maximum atomic E-state index is 12.4. The van der Waals surface area contributed by atoms with Crippen molar-refractivity contribution in [1.29, 1.82) is 5.41 Å². The number of hydrogen-bond acceptors (Lipinski definition) is 3. The van der Waals surface area contributed by atoms with Gasteiger partial charge >= 0.3 is 0 Å². The Labute approximate surface area is 154 Å². The minimum absolute atomic E-state index is 0.00260. The van der Waals surface area contributed by atoms with Crippen LogP contribution in [0.5, 0.6) is 5.75 Å². The Morgan fingerprint density at radius 1 is 1.27 bits per heavy atom. The molecule has 0 bridgehead atoms. The quantitative estimate of drug-likeness (QED) is 0.815. The first kappa shape index (κ1) is 18.1. The maximum absolute atomic E-state index is 12.4. The number of carbonyl (C=O) groups excluding carboxylic acids is 1. The molecule has 0 aliphatic carbocycles. The molecule has 2 aliphatic heterocycles. The fraction of sp³-hybridized carbons (Fsp3) is 0.333. The highest BCUT2D eigenvalue weighted by molar-refractivity contribution is 6.42. The lowest BCUT2D eigenvalue weighted by molar-refractivity contribution is -0.530. The molecule has 1 saturated heterocycles. The third kappa shape index (κ3) is 4.11. The van der Waals surface area contributed by atoms with Crippen molar-refractivity contribution in [2.24, 2.45) is 0 Å². The molecule has 0 spiro atoms. The summed E-state index contributed by atoms with van der Waals surface area (Å²) in [5, 5.41) is 9.90. The molecule has 0 atom stereocenters. The number of rotatable bonds is 4. The first-order chi connectivity index (χ1) is 12.3. The highest BCUT2D eigenvalue weighted by atomic mass is 16.5. The number of nitrogens with two attached hydrogens (primary N) is 1. The molecule has 1 aromatic carbocycles. The summed E-state index contributed by atoms with van der Waals surface area (Å²) in [7, 11) is 0. The molecule has 0 saturated carbocycles. The second kappa shape index (κ2) is 7.30. The van der Waals surface area contributed by atoms with Crippen molar-refractivity contribution in [2.45, 2.75) is 32.3 Å². The molecule has 1 fully saturated rings. The van der Waals surface area contributed by atoms with Crippen molar-refractivity contribution in [2.75, 3.05) is 13.1 Å². The van der Waals surface area contributed by atoms with Crippen LogP contribution in [0.15, 0.2) is 60.5 Å². The minimum Gasteiger partial charge on any atom is -0.486 e. The number of ether oxygens (including phenoxy) is 1. The Balaban J connectivity index is 1.56.